The summed E-state index contributed by atoms with van der Waals surface area (Å²) in [5.41, 5.74) is 5.96. The van der Waals surface area contributed by atoms with Gasteiger partial charge in [0.2, 0.25) is 0 Å². The van der Waals surface area contributed by atoms with Crippen molar-refractivity contribution in [1.29, 1.82) is 0 Å². The van der Waals surface area contributed by atoms with E-state index in [0.717, 1.165) is 35.3 Å². The normalized spacial score (nSPS) is 13.4. The summed E-state index contributed by atoms with van der Waals surface area (Å²) in [6.45, 7) is 6.48. The second-order valence-electron chi connectivity index (χ2n) is 6.98. The van der Waals surface area contributed by atoms with Gasteiger partial charge in [-0.3, -0.25) is 5.21 Å². The Hall–Kier alpha value is -2.53. The number of nitrogens with one attached hydrogen (secondary N) is 1. The molecule has 2 amide bonds. The fourth-order valence-corrected chi connectivity index (χ4v) is 3.18. The van der Waals surface area contributed by atoms with Crippen molar-refractivity contribution in [3.63, 3.8) is 0 Å². The number of hydrogen-bond acceptors (Lipinski definition) is 3. The smallest absolute Gasteiger partial charge is 0.345 e. The Morgan fingerprint density at radius 1 is 1.19 bits per heavy atom. The second-order valence-corrected chi connectivity index (χ2v) is 6.98. The van der Waals surface area contributed by atoms with Gasteiger partial charge in [0.1, 0.15) is 12.4 Å². The first kappa shape index (κ1) is 18.3. The summed E-state index contributed by atoms with van der Waals surface area (Å²) in [5.74, 6) is 1.31. The van der Waals surface area contributed by atoms with E-state index in [1.54, 1.807) is 6.07 Å². The molecular weight excluding hydrogens is 328 g/mol. The highest BCUT2D eigenvalue weighted by molar-refractivity contribution is 5.90. The molecule has 0 atom stereocenters. The average Bonchev–Trinajstić information content (AvgIpc) is 3.47. The van der Waals surface area contributed by atoms with Crippen LogP contribution in [0.4, 0.5) is 10.5 Å². The molecule has 3 rings (SSSR count). The Kier molecular flexibility index (Phi) is 5.18. The van der Waals surface area contributed by atoms with Gasteiger partial charge in [-0.15, -0.1) is 0 Å². The number of aryl methyl sites for hydroxylation is 3. The van der Waals surface area contributed by atoms with E-state index in [0.29, 0.717) is 23.3 Å². The van der Waals surface area contributed by atoms with Crippen molar-refractivity contribution in [2.75, 3.05) is 12.1 Å². The molecule has 2 aromatic rings. The van der Waals surface area contributed by atoms with Gasteiger partial charge in [-0.25, -0.2) is 4.79 Å². The van der Waals surface area contributed by atoms with Crippen LogP contribution in [0.5, 0.6) is 5.75 Å². The van der Waals surface area contributed by atoms with Crippen LogP contribution in [0.3, 0.4) is 0 Å². The lowest BCUT2D eigenvalue weighted by molar-refractivity contribution is 0.205. The van der Waals surface area contributed by atoms with Gasteiger partial charge in [-0.05, 0) is 73.9 Å². The SMILES string of the molecule is CNC(=O)N(O)c1cccc(C2CC2)c1COc1cc(C)c(C)cc1C. The van der Waals surface area contributed by atoms with Crippen molar-refractivity contribution in [1.82, 2.24) is 5.32 Å². The molecule has 0 heterocycles. The van der Waals surface area contributed by atoms with Crippen molar-refractivity contribution in [3.05, 3.63) is 58.1 Å². The van der Waals surface area contributed by atoms with Gasteiger partial charge in [0.15, 0.2) is 0 Å². The minimum absolute atomic E-state index is 0.305. The van der Waals surface area contributed by atoms with Gasteiger partial charge in [0.25, 0.3) is 0 Å². The summed E-state index contributed by atoms with van der Waals surface area (Å²) in [7, 11) is 1.49. The van der Waals surface area contributed by atoms with Gasteiger partial charge in [0, 0.05) is 12.6 Å². The van der Waals surface area contributed by atoms with Gasteiger partial charge in [-0.2, -0.15) is 5.06 Å². The van der Waals surface area contributed by atoms with Gasteiger partial charge < -0.3 is 10.1 Å². The molecule has 0 radical (unpaired) electrons. The summed E-state index contributed by atoms with van der Waals surface area (Å²) in [4.78, 5) is 11.9. The van der Waals surface area contributed by atoms with Gasteiger partial charge in [0.05, 0.1) is 5.69 Å². The molecule has 1 saturated carbocycles. The van der Waals surface area contributed by atoms with Crippen LogP contribution in [-0.4, -0.2) is 18.3 Å². The number of benzene rings is 2. The first-order valence-electron chi connectivity index (χ1n) is 8.95. The molecule has 0 spiro atoms. The molecule has 1 fully saturated rings. The van der Waals surface area contributed by atoms with Crippen LogP contribution in [0.25, 0.3) is 0 Å². The highest BCUT2D eigenvalue weighted by Gasteiger charge is 2.29. The van der Waals surface area contributed by atoms with Gasteiger partial charge in [-0.1, -0.05) is 18.2 Å². The molecular formula is C21H26N2O3. The monoisotopic (exact) mass is 354 g/mol. The lowest BCUT2D eigenvalue weighted by atomic mass is 10.0. The van der Waals surface area contributed by atoms with E-state index in [4.69, 9.17) is 4.74 Å². The van der Waals surface area contributed by atoms with Crippen LogP contribution in [0.15, 0.2) is 30.3 Å². The summed E-state index contributed by atoms with van der Waals surface area (Å²) in [6, 6.07) is 9.26. The van der Waals surface area contributed by atoms with E-state index in [-0.39, 0.29) is 0 Å². The van der Waals surface area contributed by atoms with E-state index < -0.39 is 6.03 Å². The molecule has 0 saturated heterocycles. The third kappa shape index (κ3) is 3.68. The lowest BCUT2D eigenvalue weighted by Crippen LogP contribution is -2.36. The van der Waals surface area contributed by atoms with E-state index in [2.05, 4.69) is 31.3 Å². The van der Waals surface area contributed by atoms with E-state index in [9.17, 15) is 10.0 Å². The molecule has 0 bridgehead atoms. The minimum atomic E-state index is -0.568. The number of urea groups is 1. The van der Waals surface area contributed by atoms with Crippen LogP contribution < -0.4 is 15.1 Å². The third-order valence-corrected chi connectivity index (χ3v) is 5.00. The Labute approximate surface area is 154 Å². The first-order chi connectivity index (χ1) is 12.4. The number of anilines is 1. The number of ether oxygens (including phenoxy) is 1. The Balaban J connectivity index is 1.93. The highest BCUT2D eigenvalue weighted by atomic mass is 16.5. The largest absolute Gasteiger partial charge is 0.489 e. The predicted octanol–water partition coefficient (Wildman–Crippen LogP) is 4.60. The molecule has 0 aliphatic heterocycles. The highest BCUT2D eigenvalue weighted by Crippen LogP contribution is 2.44. The summed E-state index contributed by atoms with van der Waals surface area (Å²) in [5, 5.41) is 13.4. The number of carbonyl (C=O) groups is 1. The quantitative estimate of drug-likeness (QED) is 0.609. The van der Waals surface area contributed by atoms with Crippen LogP contribution >= 0.6 is 0 Å². The lowest BCUT2D eigenvalue weighted by Gasteiger charge is -2.21. The van der Waals surface area contributed by atoms with E-state index in [1.165, 1.54) is 18.2 Å². The Bertz CT molecular complexity index is 828. The Morgan fingerprint density at radius 2 is 1.88 bits per heavy atom. The molecule has 0 aromatic heterocycles. The zero-order valence-corrected chi connectivity index (χ0v) is 15.8. The topological polar surface area (TPSA) is 61.8 Å². The first-order valence-corrected chi connectivity index (χ1v) is 8.95. The molecule has 5 nitrogen and oxygen atoms in total. The molecule has 26 heavy (non-hydrogen) atoms. The number of hydrogen-bond donors (Lipinski definition) is 2. The van der Waals surface area contributed by atoms with Crippen LogP contribution in [0, 0.1) is 20.8 Å². The van der Waals surface area contributed by atoms with E-state index >= 15 is 0 Å². The summed E-state index contributed by atoms with van der Waals surface area (Å²) < 4.78 is 6.11. The van der Waals surface area contributed by atoms with Crippen molar-refractivity contribution < 1.29 is 14.7 Å². The number of hydroxylamine groups is 1. The standard InChI is InChI=1S/C21H26N2O3/c1-13-10-15(3)20(11-14(13)2)26-12-18-17(16-8-9-16)6-5-7-19(18)23(25)21(24)22-4/h5-7,10-11,16,25H,8-9,12H2,1-4H3,(H,22,24). The molecule has 2 N–H and O–H groups in total. The maximum absolute atomic E-state index is 11.9. The minimum Gasteiger partial charge on any atom is -0.489 e. The number of carbonyl (C=O) groups excluding carboxylic acids is 1. The zero-order chi connectivity index (χ0) is 18.8. The predicted molar refractivity (Wildman–Crippen MR) is 102 cm³/mol. The zero-order valence-electron chi connectivity index (χ0n) is 15.8. The summed E-state index contributed by atoms with van der Waals surface area (Å²) >= 11 is 0. The average molecular weight is 354 g/mol. The van der Waals surface area contributed by atoms with Gasteiger partial charge >= 0.3 is 6.03 Å². The van der Waals surface area contributed by atoms with Crippen LogP contribution in [0.1, 0.15) is 46.6 Å². The summed E-state index contributed by atoms with van der Waals surface area (Å²) in [6.07, 6.45) is 2.26. The Morgan fingerprint density at radius 3 is 2.54 bits per heavy atom. The maximum atomic E-state index is 11.9. The molecule has 1 aliphatic carbocycles. The molecule has 1 aliphatic rings. The number of rotatable bonds is 5. The third-order valence-electron chi connectivity index (χ3n) is 5.00. The molecule has 0 unspecified atom stereocenters. The van der Waals surface area contributed by atoms with Crippen molar-refractivity contribution in [3.8, 4) is 5.75 Å². The number of nitrogens with zero attached hydrogens (tertiary/aromatic N) is 1. The molecule has 2 aromatic carbocycles. The van der Waals surface area contributed by atoms with E-state index in [1.807, 2.05) is 19.1 Å². The maximum Gasteiger partial charge on any atom is 0.345 e. The van der Waals surface area contributed by atoms with Crippen molar-refractivity contribution in [2.45, 2.75) is 46.1 Å². The van der Waals surface area contributed by atoms with Crippen LogP contribution in [0.2, 0.25) is 0 Å². The van der Waals surface area contributed by atoms with Crippen molar-refractivity contribution in [2.24, 2.45) is 0 Å². The fourth-order valence-electron chi connectivity index (χ4n) is 3.18. The molecule has 5 heteroatoms. The number of amides is 2. The molecule has 138 valence electrons. The second kappa shape index (κ2) is 7.38. The van der Waals surface area contributed by atoms with Crippen LogP contribution in [-0.2, 0) is 6.61 Å². The fraction of sp³-hybridized carbons (Fsp3) is 0.381. The van der Waals surface area contributed by atoms with Crippen molar-refractivity contribution >= 4 is 11.7 Å².